The molecule has 0 saturated heterocycles. The fraction of sp³-hybridized carbons (Fsp3) is 0.400. The predicted octanol–water partition coefficient (Wildman–Crippen LogP) is 3.74. The van der Waals surface area contributed by atoms with Gasteiger partial charge in [-0.2, -0.15) is 0 Å². The van der Waals surface area contributed by atoms with Crippen LogP contribution in [0.15, 0.2) is 24.3 Å². The van der Waals surface area contributed by atoms with Crippen LogP contribution in [0.25, 0.3) is 0 Å². The van der Waals surface area contributed by atoms with E-state index in [1.54, 1.807) is 0 Å². The quantitative estimate of drug-likeness (QED) is 0.934. The van der Waals surface area contributed by atoms with Crippen molar-refractivity contribution in [3.8, 4) is 0 Å². The molecule has 1 aromatic carbocycles. The molecule has 0 atom stereocenters. The molecule has 1 aromatic heterocycles. The number of aromatic nitrogens is 2. The van der Waals surface area contributed by atoms with Crippen LogP contribution in [0.3, 0.4) is 0 Å². The van der Waals surface area contributed by atoms with Gasteiger partial charge >= 0.3 is 0 Å². The molecule has 4 rings (SSSR count). The topological polar surface area (TPSA) is 54.9 Å². The molecule has 0 radical (unpaired) electrons. The van der Waals surface area contributed by atoms with Gasteiger partial charge in [0.25, 0.3) is 0 Å². The molecule has 0 spiro atoms. The van der Waals surface area contributed by atoms with E-state index in [9.17, 15) is 4.79 Å². The van der Waals surface area contributed by atoms with E-state index < -0.39 is 5.41 Å². The van der Waals surface area contributed by atoms with Crippen LogP contribution >= 0.6 is 22.9 Å². The van der Waals surface area contributed by atoms with Crippen molar-refractivity contribution in [2.45, 2.75) is 37.0 Å². The summed E-state index contributed by atoms with van der Waals surface area (Å²) in [5, 5.41) is 13.5. The summed E-state index contributed by atoms with van der Waals surface area (Å²) in [5.41, 5.74) is 0.618. The maximum absolute atomic E-state index is 12.6. The molecule has 1 N–H and O–H groups in total. The Bertz CT molecular complexity index is 689. The first kappa shape index (κ1) is 13.2. The number of carbonyl (C=O) groups excluding carboxylic acids is 1. The number of nitrogens with zero attached hydrogens (tertiary/aromatic N) is 2. The first-order chi connectivity index (χ1) is 10.2. The van der Waals surface area contributed by atoms with Crippen molar-refractivity contribution >= 4 is 34.0 Å². The minimum absolute atomic E-state index is 0.0170. The maximum atomic E-state index is 12.6. The number of nitrogens with one attached hydrogen (secondary N) is 1. The fourth-order valence-corrected chi connectivity index (χ4v) is 3.57. The van der Waals surface area contributed by atoms with Crippen molar-refractivity contribution in [1.82, 2.24) is 10.2 Å². The van der Waals surface area contributed by atoms with E-state index in [0.29, 0.717) is 16.1 Å². The lowest BCUT2D eigenvalue weighted by atomic mass is 9.95. The van der Waals surface area contributed by atoms with Crippen LogP contribution in [0.4, 0.5) is 5.13 Å². The summed E-state index contributed by atoms with van der Waals surface area (Å²) in [5.74, 6) is 0.586. The van der Waals surface area contributed by atoms with Gasteiger partial charge in [0.2, 0.25) is 11.0 Å². The number of halogens is 1. The molecule has 2 aromatic rings. The van der Waals surface area contributed by atoms with Crippen molar-refractivity contribution in [2.24, 2.45) is 0 Å². The summed E-state index contributed by atoms with van der Waals surface area (Å²) in [6.45, 7) is 0. The fourth-order valence-electron chi connectivity index (χ4n) is 2.54. The van der Waals surface area contributed by atoms with E-state index >= 15 is 0 Å². The standard InChI is InChI=1S/C15H14ClN3OS/c16-11-5-3-10(4-6-11)15(7-8-15)13(20)17-14-19-18-12(21-14)9-1-2-9/h3-6,9H,1-2,7-8H2,(H,17,19,20). The van der Waals surface area contributed by atoms with Crippen molar-refractivity contribution in [1.29, 1.82) is 0 Å². The summed E-state index contributed by atoms with van der Waals surface area (Å²) >= 11 is 7.41. The van der Waals surface area contributed by atoms with Gasteiger partial charge in [0, 0.05) is 10.9 Å². The first-order valence-corrected chi connectivity index (χ1v) is 8.28. The van der Waals surface area contributed by atoms with Gasteiger partial charge in [0.15, 0.2) is 0 Å². The summed E-state index contributed by atoms with van der Waals surface area (Å²) < 4.78 is 0. The average molecular weight is 320 g/mol. The molecule has 2 fully saturated rings. The lowest BCUT2D eigenvalue weighted by Crippen LogP contribution is -2.27. The van der Waals surface area contributed by atoms with Crippen LogP contribution in [0.1, 0.15) is 42.2 Å². The molecular formula is C15H14ClN3OS. The molecule has 0 aliphatic heterocycles. The summed E-state index contributed by atoms with van der Waals surface area (Å²) in [6.07, 6.45) is 4.12. The average Bonchev–Trinajstić information content (AvgIpc) is 3.39. The Morgan fingerprint density at radius 1 is 1.24 bits per heavy atom. The van der Waals surface area contributed by atoms with Crippen molar-refractivity contribution in [3.63, 3.8) is 0 Å². The SMILES string of the molecule is O=C(Nc1nnc(C2CC2)s1)C1(c2ccc(Cl)cc2)CC1. The van der Waals surface area contributed by atoms with E-state index in [4.69, 9.17) is 11.6 Å². The highest BCUT2D eigenvalue weighted by atomic mass is 35.5. The molecule has 2 aliphatic rings. The number of anilines is 1. The third kappa shape index (κ3) is 2.45. The summed E-state index contributed by atoms with van der Waals surface area (Å²) in [6, 6.07) is 7.54. The van der Waals surface area contributed by atoms with Crippen LogP contribution < -0.4 is 5.32 Å². The number of rotatable bonds is 4. The molecule has 2 saturated carbocycles. The van der Waals surface area contributed by atoms with Crippen LogP contribution in [0, 0.1) is 0 Å². The monoisotopic (exact) mass is 319 g/mol. The zero-order valence-electron chi connectivity index (χ0n) is 11.3. The number of hydrogen-bond donors (Lipinski definition) is 1. The van der Waals surface area contributed by atoms with Crippen LogP contribution in [0.2, 0.25) is 5.02 Å². The van der Waals surface area contributed by atoms with E-state index in [1.807, 2.05) is 24.3 Å². The van der Waals surface area contributed by atoms with Gasteiger partial charge in [0.1, 0.15) is 5.01 Å². The zero-order valence-corrected chi connectivity index (χ0v) is 12.9. The Kier molecular flexibility index (Phi) is 3.01. The van der Waals surface area contributed by atoms with Crippen LogP contribution in [-0.4, -0.2) is 16.1 Å². The molecule has 4 nitrogen and oxygen atoms in total. The molecule has 6 heteroatoms. The second kappa shape index (κ2) is 4.78. The summed E-state index contributed by atoms with van der Waals surface area (Å²) in [7, 11) is 0. The largest absolute Gasteiger partial charge is 0.300 e. The van der Waals surface area contributed by atoms with Gasteiger partial charge in [-0.1, -0.05) is 35.1 Å². The lowest BCUT2D eigenvalue weighted by molar-refractivity contribution is -0.118. The Morgan fingerprint density at radius 2 is 1.95 bits per heavy atom. The van der Waals surface area contributed by atoms with Crippen LogP contribution in [-0.2, 0) is 10.2 Å². The molecule has 21 heavy (non-hydrogen) atoms. The second-order valence-corrected chi connectivity index (χ2v) is 7.21. The highest BCUT2D eigenvalue weighted by Crippen LogP contribution is 2.49. The molecular weight excluding hydrogens is 306 g/mol. The Balaban J connectivity index is 1.52. The van der Waals surface area contributed by atoms with E-state index in [0.717, 1.165) is 23.4 Å². The zero-order chi connectivity index (χ0) is 14.4. The lowest BCUT2D eigenvalue weighted by Gasteiger charge is -2.14. The smallest absolute Gasteiger partial charge is 0.236 e. The molecule has 0 unspecified atom stereocenters. The third-order valence-electron chi connectivity index (χ3n) is 4.17. The van der Waals surface area contributed by atoms with Gasteiger partial charge < -0.3 is 0 Å². The van der Waals surface area contributed by atoms with Crippen molar-refractivity contribution in [2.75, 3.05) is 5.32 Å². The van der Waals surface area contributed by atoms with Crippen LogP contribution in [0.5, 0.6) is 0 Å². The number of benzene rings is 1. The Hall–Kier alpha value is -1.46. The minimum atomic E-state index is -0.407. The number of hydrogen-bond acceptors (Lipinski definition) is 4. The van der Waals surface area contributed by atoms with E-state index in [-0.39, 0.29) is 5.91 Å². The molecule has 0 bridgehead atoms. The van der Waals surface area contributed by atoms with Gasteiger partial charge in [-0.3, -0.25) is 10.1 Å². The minimum Gasteiger partial charge on any atom is -0.300 e. The Labute approximate surface area is 131 Å². The van der Waals surface area contributed by atoms with Gasteiger partial charge in [0.05, 0.1) is 5.41 Å². The molecule has 1 amide bonds. The maximum Gasteiger partial charge on any atom is 0.236 e. The molecule has 1 heterocycles. The van der Waals surface area contributed by atoms with Gasteiger partial charge in [-0.05, 0) is 43.4 Å². The third-order valence-corrected chi connectivity index (χ3v) is 5.42. The highest BCUT2D eigenvalue weighted by Gasteiger charge is 2.51. The van der Waals surface area contributed by atoms with Gasteiger partial charge in [-0.25, -0.2) is 0 Å². The molecule has 2 aliphatic carbocycles. The van der Waals surface area contributed by atoms with Crippen molar-refractivity contribution in [3.05, 3.63) is 39.9 Å². The molecule has 108 valence electrons. The predicted molar refractivity (Wildman–Crippen MR) is 82.9 cm³/mol. The summed E-state index contributed by atoms with van der Waals surface area (Å²) in [4.78, 5) is 12.6. The van der Waals surface area contributed by atoms with Crippen molar-refractivity contribution < 1.29 is 4.79 Å². The highest BCUT2D eigenvalue weighted by molar-refractivity contribution is 7.15. The number of amides is 1. The van der Waals surface area contributed by atoms with E-state index in [2.05, 4.69) is 15.5 Å². The van der Waals surface area contributed by atoms with Gasteiger partial charge in [-0.15, -0.1) is 10.2 Å². The second-order valence-electron chi connectivity index (χ2n) is 5.76. The Morgan fingerprint density at radius 3 is 2.57 bits per heavy atom. The number of carbonyl (C=O) groups is 1. The van der Waals surface area contributed by atoms with E-state index in [1.165, 1.54) is 24.2 Å². The first-order valence-electron chi connectivity index (χ1n) is 7.08. The normalized spacial score (nSPS) is 19.3.